The predicted octanol–water partition coefficient (Wildman–Crippen LogP) is 2.59. The summed E-state index contributed by atoms with van der Waals surface area (Å²) in [5.41, 5.74) is 3.24. The molecule has 3 aromatic rings. The summed E-state index contributed by atoms with van der Waals surface area (Å²) >= 11 is 0. The average molecular weight is 434 g/mol. The van der Waals surface area contributed by atoms with E-state index in [1.54, 1.807) is 17.1 Å². The minimum absolute atomic E-state index is 0.0145. The number of hydrogen-bond donors (Lipinski definition) is 1. The first-order chi connectivity index (χ1) is 15.5. The van der Waals surface area contributed by atoms with E-state index in [2.05, 4.69) is 34.5 Å². The fourth-order valence-electron chi connectivity index (χ4n) is 3.89. The molecule has 32 heavy (non-hydrogen) atoms. The molecule has 1 fully saturated rings. The number of amides is 2. The Kier molecular flexibility index (Phi) is 6.63. The zero-order valence-electron chi connectivity index (χ0n) is 18.3. The minimum atomic E-state index is -0.242. The van der Waals surface area contributed by atoms with Gasteiger partial charge in [-0.25, -0.2) is 4.68 Å². The predicted molar refractivity (Wildman–Crippen MR) is 122 cm³/mol. The highest BCUT2D eigenvalue weighted by molar-refractivity contribution is 5.94. The summed E-state index contributed by atoms with van der Waals surface area (Å²) in [5, 5.41) is 6.99. The number of carbonyl (C=O) groups excluding carboxylic acids is 2. The molecule has 0 bridgehead atoms. The van der Waals surface area contributed by atoms with Crippen molar-refractivity contribution in [3.63, 3.8) is 0 Å². The van der Waals surface area contributed by atoms with Gasteiger partial charge < -0.3 is 15.0 Å². The molecule has 1 N–H and O–H groups in total. The van der Waals surface area contributed by atoms with Gasteiger partial charge in [-0.05, 0) is 36.9 Å². The number of nitrogens with zero attached hydrogens (tertiary/aromatic N) is 4. The first kappa shape index (κ1) is 21.7. The van der Waals surface area contributed by atoms with E-state index in [9.17, 15) is 9.59 Å². The van der Waals surface area contributed by atoms with Crippen LogP contribution in [0.4, 0.5) is 5.69 Å². The van der Waals surface area contributed by atoms with Gasteiger partial charge in [-0.15, -0.1) is 0 Å². The molecule has 1 aliphatic rings. The molecule has 1 aliphatic heterocycles. The summed E-state index contributed by atoms with van der Waals surface area (Å²) in [6.45, 7) is 2.17. The van der Waals surface area contributed by atoms with Crippen LogP contribution in [0.3, 0.4) is 0 Å². The summed E-state index contributed by atoms with van der Waals surface area (Å²) < 4.78 is 6.46. The minimum Gasteiger partial charge on any atom is -0.375 e. The number of hydrogen-bond acceptors (Lipinski definition) is 5. The lowest BCUT2D eigenvalue weighted by Crippen LogP contribution is -2.49. The van der Waals surface area contributed by atoms with E-state index in [0.29, 0.717) is 24.3 Å². The van der Waals surface area contributed by atoms with Crippen LogP contribution >= 0.6 is 0 Å². The Morgan fingerprint density at radius 3 is 2.56 bits per heavy atom. The van der Waals surface area contributed by atoms with Crippen LogP contribution in [0.2, 0.25) is 0 Å². The lowest BCUT2D eigenvalue weighted by atomic mass is 10.0. The molecule has 2 aromatic carbocycles. The molecule has 2 heterocycles. The smallest absolute Gasteiger partial charge is 0.253 e. The Morgan fingerprint density at radius 1 is 1.09 bits per heavy atom. The van der Waals surface area contributed by atoms with Gasteiger partial charge in [0.2, 0.25) is 5.91 Å². The molecule has 0 saturated carbocycles. The second kappa shape index (κ2) is 9.76. The van der Waals surface area contributed by atoms with Crippen LogP contribution in [-0.4, -0.2) is 71.8 Å². The van der Waals surface area contributed by atoms with Crippen LogP contribution in [0, 0.1) is 0 Å². The monoisotopic (exact) mass is 433 g/mol. The van der Waals surface area contributed by atoms with Crippen molar-refractivity contribution < 1.29 is 14.3 Å². The highest BCUT2D eigenvalue weighted by Crippen LogP contribution is 2.25. The van der Waals surface area contributed by atoms with Crippen molar-refractivity contribution in [3.8, 4) is 5.69 Å². The Bertz CT molecular complexity index is 1060. The molecule has 4 rings (SSSR count). The standard InChI is InChI=1S/C24H27N5O3/c1-27-12-13-28(16-22(27)18-6-4-3-5-7-18)24(31)19-8-10-21(11-9-19)29-15-20(14-25-29)26-23(30)17-32-2/h3-11,14-15,22H,12-13,16-17H2,1-2H3,(H,26,30)/t22-/m0/s1. The maximum absolute atomic E-state index is 13.1. The molecule has 0 aliphatic carbocycles. The third-order valence-electron chi connectivity index (χ3n) is 5.64. The molecule has 1 atom stereocenters. The summed E-state index contributed by atoms with van der Waals surface area (Å²) in [6, 6.07) is 17.8. The van der Waals surface area contributed by atoms with Crippen molar-refractivity contribution in [1.82, 2.24) is 19.6 Å². The van der Waals surface area contributed by atoms with Gasteiger partial charge in [-0.1, -0.05) is 30.3 Å². The Labute approximate surface area is 187 Å². The lowest BCUT2D eigenvalue weighted by Gasteiger charge is -2.39. The molecule has 0 spiro atoms. The van der Waals surface area contributed by atoms with E-state index >= 15 is 0 Å². The summed E-state index contributed by atoms with van der Waals surface area (Å²) in [6.07, 6.45) is 3.29. The number of piperazine rings is 1. The van der Waals surface area contributed by atoms with Crippen LogP contribution < -0.4 is 5.32 Å². The number of anilines is 1. The quantitative estimate of drug-likeness (QED) is 0.646. The number of methoxy groups -OCH3 is 1. The van der Waals surface area contributed by atoms with Gasteiger partial charge in [0.25, 0.3) is 5.91 Å². The fourth-order valence-corrected chi connectivity index (χ4v) is 3.89. The molecule has 2 amide bonds. The lowest BCUT2D eigenvalue weighted by molar-refractivity contribution is -0.119. The fraction of sp³-hybridized carbons (Fsp3) is 0.292. The van der Waals surface area contributed by atoms with Crippen molar-refractivity contribution in [3.05, 3.63) is 78.1 Å². The third-order valence-corrected chi connectivity index (χ3v) is 5.64. The molecular weight excluding hydrogens is 406 g/mol. The molecule has 166 valence electrons. The van der Waals surface area contributed by atoms with Crippen molar-refractivity contribution in [2.75, 3.05) is 45.7 Å². The van der Waals surface area contributed by atoms with Gasteiger partial charge in [0.15, 0.2) is 0 Å². The Hall–Kier alpha value is -3.49. The molecule has 8 heteroatoms. The van der Waals surface area contributed by atoms with Crippen molar-refractivity contribution in [2.24, 2.45) is 0 Å². The van der Waals surface area contributed by atoms with Gasteiger partial charge in [0, 0.05) is 32.3 Å². The normalized spacial score (nSPS) is 16.7. The molecule has 1 saturated heterocycles. The zero-order valence-corrected chi connectivity index (χ0v) is 18.3. The first-order valence-electron chi connectivity index (χ1n) is 10.5. The number of aromatic nitrogens is 2. The maximum Gasteiger partial charge on any atom is 0.253 e. The summed E-state index contributed by atoms with van der Waals surface area (Å²) in [7, 11) is 3.57. The van der Waals surface area contributed by atoms with E-state index in [1.165, 1.54) is 12.7 Å². The second-order valence-electron chi connectivity index (χ2n) is 7.86. The van der Waals surface area contributed by atoms with Gasteiger partial charge in [-0.3, -0.25) is 14.5 Å². The Morgan fingerprint density at radius 2 is 1.84 bits per heavy atom. The average Bonchev–Trinajstić information content (AvgIpc) is 3.28. The Balaban J connectivity index is 1.43. The van der Waals surface area contributed by atoms with Crippen molar-refractivity contribution in [1.29, 1.82) is 0 Å². The van der Waals surface area contributed by atoms with Gasteiger partial charge in [0.1, 0.15) is 6.61 Å². The SMILES string of the molecule is COCC(=O)Nc1cnn(-c2ccc(C(=O)N3CCN(C)[C@H](c4ccccc4)C3)cc2)c1. The maximum atomic E-state index is 13.1. The number of nitrogens with one attached hydrogen (secondary N) is 1. The van der Waals surface area contributed by atoms with Gasteiger partial charge >= 0.3 is 0 Å². The summed E-state index contributed by atoms with van der Waals surface area (Å²) in [4.78, 5) is 29.0. The molecule has 0 radical (unpaired) electrons. The van der Waals surface area contributed by atoms with Crippen LogP contribution in [0.15, 0.2) is 67.0 Å². The van der Waals surface area contributed by atoms with E-state index in [4.69, 9.17) is 4.74 Å². The summed E-state index contributed by atoms with van der Waals surface area (Å²) in [5.74, 6) is -0.215. The molecular formula is C24H27N5O3. The van der Waals surface area contributed by atoms with E-state index in [0.717, 1.165) is 12.2 Å². The van der Waals surface area contributed by atoms with E-state index < -0.39 is 0 Å². The van der Waals surface area contributed by atoms with Crippen molar-refractivity contribution >= 4 is 17.5 Å². The highest BCUT2D eigenvalue weighted by atomic mass is 16.5. The molecule has 1 aromatic heterocycles. The molecule has 8 nitrogen and oxygen atoms in total. The molecule has 0 unspecified atom stereocenters. The number of likely N-dealkylation sites (N-methyl/N-ethyl adjacent to an activating group) is 1. The van der Waals surface area contributed by atoms with E-state index in [1.807, 2.05) is 47.4 Å². The van der Waals surface area contributed by atoms with Crippen LogP contribution in [0.1, 0.15) is 22.0 Å². The van der Waals surface area contributed by atoms with Crippen LogP contribution in [0.5, 0.6) is 0 Å². The van der Waals surface area contributed by atoms with Gasteiger partial charge in [0.05, 0.1) is 29.8 Å². The number of benzene rings is 2. The van der Waals surface area contributed by atoms with Crippen molar-refractivity contribution in [2.45, 2.75) is 6.04 Å². The number of rotatable bonds is 6. The topological polar surface area (TPSA) is 79.7 Å². The number of ether oxygens (including phenoxy) is 1. The second-order valence-corrected chi connectivity index (χ2v) is 7.86. The van der Waals surface area contributed by atoms with E-state index in [-0.39, 0.29) is 24.5 Å². The first-order valence-corrected chi connectivity index (χ1v) is 10.5. The number of carbonyl (C=O) groups is 2. The zero-order chi connectivity index (χ0) is 22.5. The largest absolute Gasteiger partial charge is 0.375 e. The van der Waals surface area contributed by atoms with Crippen LogP contribution in [-0.2, 0) is 9.53 Å². The third kappa shape index (κ3) is 4.87. The van der Waals surface area contributed by atoms with Crippen LogP contribution in [0.25, 0.3) is 5.69 Å². The highest BCUT2D eigenvalue weighted by Gasteiger charge is 2.28. The van der Waals surface area contributed by atoms with Gasteiger partial charge in [-0.2, -0.15) is 5.10 Å².